The molecule has 3 aliphatic heterocycles. The summed E-state index contributed by atoms with van der Waals surface area (Å²) in [7, 11) is 0. The van der Waals surface area contributed by atoms with Crippen LogP contribution in [0.5, 0.6) is 5.75 Å². The second kappa shape index (κ2) is 20.3. The van der Waals surface area contributed by atoms with Crippen LogP contribution in [-0.4, -0.2) is 102 Å². The summed E-state index contributed by atoms with van der Waals surface area (Å²) >= 11 is 6.60. The highest BCUT2D eigenvalue weighted by Gasteiger charge is 2.44. The van der Waals surface area contributed by atoms with Crippen LogP contribution in [-0.2, 0) is 19.1 Å². The number of nitrogens with zero attached hydrogens (tertiary/aromatic N) is 4. The summed E-state index contributed by atoms with van der Waals surface area (Å²) in [5.74, 6) is -0.335. The van der Waals surface area contributed by atoms with E-state index in [0.717, 1.165) is 60.6 Å². The standard InChI is InChI=1S/C44H52ClN9O7/c45-34-25-49-38(24-33(34)35-5-3-6-37(52-35)50-27-44(26-46)16-21-60-22-17-44)51-29-10-8-28(9-11-29)47-19-4-7-39(55)48-18-1-2-20-61-30-12-13-31-32(23-30)43(59)54(42(31)58)36-14-15-40(56)53-41(36)57/h3,5-6,12-13,23-25,28-29,36,47H,1-2,4,7-11,14-22,27H2,(H,48,55)(H,49,51)(H,50,52)(H,53,56,57). The van der Waals surface area contributed by atoms with Crippen molar-refractivity contribution in [3.8, 4) is 23.1 Å². The quantitative estimate of drug-likeness (QED) is 0.0843. The van der Waals surface area contributed by atoms with Gasteiger partial charge in [-0.15, -0.1) is 0 Å². The van der Waals surface area contributed by atoms with E-state index in [2.05, 4.69) is 37.6 Å². The minimum absolute atomic E-state index is 0.00777. The third kappa shape index (κ3) is 11.0. The third-order valence-electron chi connectivity index (χ3n) is 11.8. The Bertz CT molecular complexity index is 2150. The smallest absolute Gasteiger partial charge is 0.262 e. The average Bonchev–Trinajstić information content (AvgIpc) is 3.52. The van der Waals surface area contributed by atoms with Gasteiger partial charge in [0.2, 0.25) is 17.7 Å². The number of pyridine rings is 2. The molecule has 1 aromatic carbocycles. The number of fused-ring (bicyclic) bond motifs is 1. The number of carbonyl (C=O) groups excluding carboxylic acids is 5. The Morgan fingerprint density at radius 1 is 0.934 bits per heavy atom. The Hall–Kier alpha value is -5.63. The molecule has 4 aliphatic rings. The van der Waals surface area contributed by atoms with Crippen molar-refractivity contribution in [1.29, 1.82) is 5.26 Å². The van der Waals surface area contributed by atoms with Crippen LogP contribution in [0.4, 0.5) is 11.6 Å². The van der Waals surface area contributed by atoms with Gasteiger partial charge in [-0.3, -0.25) is 34.2 Å². The molecular weight excluding hydrogens is 802 g/mol. The molecule has 3 fully saturated rings. The summed E-state index contributed by atoms with van der Waals surface area (Å²) in [6, 6.07) is 14.5. The number of aromatic nitrogens is 2. The molecule has 322 valence electrons. The average molecular weight is 854 g/mol. The summed E-state index contributed by atoms with van der Waals surface area (Å²) < 4.78 is 11.3. The lowest BCUT2D eigenvalue weighted by molar-refractivity contribution is -0.136. The number of nitrogens with one attached hydrogen (secondary N) is 5. The van der Waals surface area contributed by atoms with E-state index in [4.69, 9.17) is 26.1 Å². The van der Waals surface area contributed by atoms with Crippen molar-refractivity contribution < 1.29 is 33.4 Å². The molecule has 1 atom stereocenters. The predicted octanol–water partition coefficient (Wildman–Crippen LogP) is 5.00. The minimum atomic E-state index is -1.02. The van der Waals surface area contributed by atoms with Gasteiger partial charge in [0.05, 0.1) is 39.9 Å². The molecule has 5 amide bonds. The fraction of sp³-hybridized carbons (Fsp3) is 0.500. The summed E-state index contributed by atoms with van der Waals surface area (Å²) in [4.78, 5) is 72.5. The van der Waals surface area contributed by atoms with Gasteiger partial charge >= 0.3 is 0 Å². The Balaban J connectivity index is 0.749. The topological polar surface area (TPSA) is 217 Å². The molecule has 2 saturated heterocycles. The highest BCUT2D eigenvalue weighted by Crippen LogP contribution is 2.33. The Morgan fingerprint density at radius 2 is 1.72 bits per heavy atom. The van der Waals surface area contributed by atoms with Crippen LogP contribution in [0.2, 0.25) is 5.02 Å². The zero-order valence-corrected chi connectivity index (χ0v) is 34.9. The molecule has 0 spiro atoms. The van der Waals surface area contributed by atoms with Crippen molar-refractivity contribution in [2.24, 2.45) is 5.41 Å². The van der Waals surface area contributed by atoms with Crippen LogP contribution in [0.3, 0.4) is 0 Å². The number of imide groups is 2. The van der Waals surface area contributed by atoms with Gasteiger partial charge in [0.1, 0.15) is 23.4 Å². The molecule has 1 aliphatic carbocycles. The van der Waals surface area contributed by atoms with Crippen LogP contribution < -0.4 is 31.3 Å². The van der Waals surface area contributed by atoms with Gasteiger partial charge in [0.15, 0.2) is 0 Å². The molecule has 0 radical (unpaired) electrons. The van der Waals surface area contributed by atoms with Crippen molar-refractivity contribution in [3.05, 3.63) is 64.8 Å². The lowest BCUT2D eigenvalue weighted by Crippen LogP contribution is -2.54. The lowest BCUT2D eigenvalue weighted by Gasteiger charge is -2.30. The number of amides is 5. The Kier molecular flexibility index (Phi) is 14.5. The second-order valence-electron chi connectivity index (χ2n) is 16.1. The number of carbonyl (C=O) groups is 5. The van der Waals surface area contributed by atoms with E-state index in [1.807, 2.05) is 24.3 Å². The number of hydrogen-bond donors (Lipinski definition) is 5. The Labute approximate surface area is 359 Å². The second-order valence-corrected chi connectivity index (χ2v) is 16.5. The first kappa shape index (κ1) is 43.5. The van der Waals surface area contributed by atoms with E-state index in [0.29, 0.717) is 87.6 Å². The minimum Gasteiger partial charge on any atom is -0.494 e. The maximum atomic E-state index is 13.0. The van der Waals surface area contributed by atoms with Crippen LogP contribution in [0.25, 0.3) is 11.3 Å². The van der Waals surface area contributed by atoms with Gasteiger partial charge in [-0.05, 0) is 107 Å². The fourth-order valence-corrected chi connectivity index (χ4v) is 8.43. The molecule has 2 aromatic heterocycles. The van der Waals surface area contributed by atoms with Gasteiger partial charge in [0, 0.05) is 63.0 Å². The highest BCUT2D eigenvalue weighted by molar-refractivity contribution is 6.33. The van der Waals surface area contributed by atoms with E-state index in [-0.39, 0.29) is 35.9 Å². The van der Waals surface area contributed by atoms with Crippen molar-refractivity contribution in [3.63, 3.8) is 0 Å². The van der Waals surface area contributed by atoms with Crippen LogP contribution in [0.1, 0.15) is 97.8 Å². The van der Waals surface area contributed by atoms with E-state index >= 15 is 0 Å². The molecule has 17 heteroatoms. The number of hydrogen-bond acceptors (Lipinski definition) is 13. The molecular formula is C44H52ClN9O7. The molecule has 5 heterocycles. The largest absolute Gasteiger partial charge is 0.494 e. The van der Waals surface area contributed by atoms with Crippen molar-refractivity contribution >= 4 is 52.8 Å². The summed E-state index contributed by atoms with van der Waals surface area (Å²) in [6.45, 7) is 3.33. The van der Waals surface area contributed by atoms with Crippen molar-refractivity contribution in [2.45, 2.75) is 95.2 Å². The molecule has 16 nitrogen and oxygen atoms in total. The van der Waals surface area contributed by atoms with Crippen LogP contribution in [0, 0.1) is 16.7 Å². The SMILES string of the molecule is N#CC1(CNc2cccc(-c3cc(NC4CCC(NCCCC(=O)NCCCCOc5ccc6c(c5)C(=O)N(C5CCC(=O)NC5=O)C6=O)CC4)ncc3Cl)n2)CCOCC1. The van der Waals surface area contributed by atoms with Crippen molar-refractivity contribution in [1.82, 2.24) is 30.8 Å². The number of piperidine rings is 1. The lowest BCUT2D eigenvalue weighted by atomic mass is 9.82. The molecule has 61 heavy (non-hydrogen) atoms. The number of benzene rings is 1. The van der Waals surface area contributed by atoms with E-state index in [1.54, 1.807) is 12.3 Å². The number of ether oxygens (including phenoxy) is 2. The predicted molar refractivity (Wildman–Crippen MR) is 227 cm³/mol. The highest BCUT2D eigenvalue weighted by atomic mass is 35.5. The monoisotopic (exact) mass is 853 g/mol. The van der Waals surface area contributed by atoms with E-state index < -0.39 is 35.1 Å². The first-order valence-corrected chi connectivity index (χ1v) is 21.6. The van der Waals surface area contributed by atoms with Gasteiger partial charge < -0.3 is 30.7 Å². The van der Waals surface area contributed by atoms with Gasteiger partial charge in [-0.1, -0.05) is 17.7 Å². The zero-order valence-electron chi connectivity index (χ0n) is 34.1. The summed E-state index contributed by atoms with van der Waals surface area (Å²) in [6.07, 6.45) is 9.75. The first-order valence-electron chi connectivity index (χ1n) is 21.2. The first-order chi connectivity index (χ1) is 29.6. The van der Waals surface area contributed by atoms with Crippen LogP contribution >= 0.6 is 11.6 Å². The normalized spacial score (nSPS) is 21.0. The summed E-state index contributed by atoms with van der Waals surface area (Å²) in [5, 5.41) is 26.1. The number of rotatable bonds is 18. The molecule has 0 bridgehead atoms. The van der Waals surface area contributed by atoms with Gasteiger partial charge in [-0.2, -0.15) is 5.26 Å². The van der Waals surface area contributed by atoms with E-state index in [9.17, 15) is 29.2 Å². The number of halogens is 1. The van der Waals surface area contributed by atoms with Gasteiger partial charge in [0.25, 0.3) is 11.8 Å². The molecule has 1 saturated carbocycles. The molecule has 3 aromatic rings. The Morgan fingerprint density at radius 3 is 2.51 bits per heavy atom. The number of unbranched alkanes of at least 4 members (excludes halogenated alkanes) is 1. The fourth-order valence-electron chi connectivity index (χ4n) is 8.23. The molecule has 7 rings (SSSR count). The maximum absolute atomic E-state index is 13.0. The van der Waals surface area contributed by atoms with Gasteiger partial charge in [-0.25, -0.2) is 9.97 Å². The zero-order chi connectivity index (χ0) is 42.8. The third-order valence-corrected chi connectivity index (χ3v) is 12.1. The van der Waals surface area contributed by atoms with Crippen LogP contribution in [0.15, 0.2) is 48.7 Å². The maximum Gasteiger partial charge on any atom is 0.262 e. The summed E-state index contributed by atoms with van der Waals surface area (Å²) in [5.41, 5.74) is 1.42. The van der Waals surface area contributed by atoms with Crippen molar-refractivity contribution in [2.75, 3.05) is 50.1 Å². The molecule has 1 unspecified atom stereocenters. The molecule has 5 N–H and O–H groups in total. The number of nitriles is 1. The van der Waals surface area contributed by atoms with E-state index in [1.165, 1.54) is 12.1 Å². The number of anilines is 2.